The summed E-state index contributed by atoms with van der Waals surface area (Å²) in [7, 11) is 0. The van der Waals surface area contributed by atoms with Gasteiger partial charge < -0.3 is 15.5 Å². The minimum absolute atomic E-state index is 0.178. The van der Waals surface area contributed by atoms with Gasteiger partial charge in [0.15, 0.2) is 0 Å². The number of hydrogen-bond donors (Lipinski definition) is 4. The Bertz CT molecular complexity index is 405. The Morgan fingerprint density at radius 1 is 1.39 bits per heavy atom. The average molecular weight is 253 g/mol. The van der Waals surface area contributed by atoms with E-state index in [1.807, 2.05) is 13.0 Å². The standard InChI is InChI=1S/C12H19N3O3/c1-9-4-3-5-10(14-9)15-11(18)13-6-12(2,7-16)8-17/h3-5,16-17H,6-8H2,1-2H3,(H2,13,14,15,18). The van der Waals surface area contributed by atoms with Gasteiger partial charge in [-0.1, -0.05) is 13.0 Å². The van der Waals surface area contributed by atoms with Crippen LogP contribution in [0.2, 0.25) is 0 Å². The van der Waals surface area contributed by atoms with Crippen LogP contribution in [0.15, 0.2) is 18.2 Å². The van der Waals surface area contributed by atoms with Gasteiger partial charge in [0.25, 0.3) is 0 Å². The van der Waals surface area contributed by atoms with E-state index < -0.39 is 11.4 Å². The number of nitrogens with one attached hydrogen (secondary N) is 2. The molecule has 2 amide bonds. The number of pyridine rings is 1. The van der Waals surface area contributed by atoms with Crippen molar-refractivity contribution in [1.82, 2.24) is 10.3 Å². The van der Waals surface area contributed by atoms with E-state index in [4.69, 9.17) is 10.2 Å². The van der Waals surface area contributed by atoms with Crippen molar-refractivity contribution in [3.05, 3.63) is 23.9 Å². The number of aliphatic hydroxyl groups is 2. The van der Waals surface area contributed by atoms with E-state index in [9.17, 15) is 4.79 Å². The van der Waals surface area contributed by atoms with Crippen LogP contribution in [0.5, 0.6) is 0 Å². The van der Waals surface area contributed by atoms with Crippen molar-refractivity contribution in [2.45, 2.75) is 13.8 Å². The number of aryl methyl sites for hydroxylation is 1. The molecule has 0 atom stereocenters. The normalized spacial score (nSPS) is 11.1. The Morgan fingerprint density at radius 3 is 2.61 bits per heavy atom. The highest BCUT2D eigenvalue weighted by Gasteiger charge is 2.23. The number of carbonyl (C=O) groups excluding carboxylic acids is 1. The molecule has 0 aliphatic heterocycles. The smallest absolute Gasteiger partial charge is 0.320 e. The van der Waals surface area contributed by atoms with Crippen molar-refractivity contribution in [2.75, 3.05) is 25.1 Å². The minimum Gasteiger partial charge on any atom is -0.396 e. The predicted octanol–water partition coefficient (Wildman–Crippen LogP) is 0.502. The molecule has 1 aromatic heterocycles. The third kappa shape index (κ3) is 4.31. The maximum Gasteiger partial charge on any atom is 0.320 e. The number of rotatable bonds is 5. The summed E-state index contributed by atoms with van der Waals surface area (Å²) in [4.78, 5) is 15.7. The molecular formula is C12H19N3O3. The fraction of sp³-hybridized carbons (Fsp3) is 0.500. The molecule has 0 fully saturated rings. The second-order valence-electron chi connectivity index (χ2n) is 4.60. The largest absolute Gasteiger partial charge is 0.396 e. The van der Waals surface area contributed by atoms with E-state index in [1.54, 1.807) is 19.1 Å². The van der Waals surface area contributed by atoms with E-state index >= 15 is 0 Å². The number of amides is 2. The first-order chi connectivity index (χ1) is 8.49. The summed E-state index contributed by atoms with van der Waals surface area (Å²) in [6.45, 7) is 3.28. The maximum absolute atomic E-state index is 11.6. The molecule has 18 heavy (non-hydrogen) atoms. The van der Waals surface area contributed by atoms with Crippen LogP contribution in [0.4, 0.5) is 10.6 Å². The molecule has 6 nitrogen and oxygen atoms in total. The summed E-state index contributed by atoms with van der Waals surface area (Å²) in [6, 6.07) is 4.90. The molecule has 0 aliphatic rings. The molecular weight excluding hydrogens is 234 g/mol. The fourth-order valence-corrected chi connectivity index (χ4v) is 1.23. The van der Waals surface area contributed by atoms with Gasteiger partial charge in [0.2, 0.25) is 0 Å². The molecule has 1 rings (SSSR count). The van der Waals surface area contributed by atoms with E-state index in [0.717, 1.165) is 5.69 Å². The van der Waals surface area contributed by atoms with Gasteiger partial charge in [-0.15, -0.1) is 0 Å². The van der Waals surface area contributed by atoms with Gasteiger partial charge in [-0.3, -0.25) is 5.32 Å². The SMILES string of the molecule is Cc1cccc(NC(=O)NCC(C)(CO)CO)n1. The molecule has 0 saturated carbocycles. The van der Waals surface area contributed by atoms with Crippen LogP contribution in [-0.4, -0.2) is 41.0 Å². The van der Waals surface area contributed by atoms with Crippen molar-refractivity contribution in [1.29, 1.82) is 0 Å². The van der Waals surface area contributed by atoms with Crippen LogP contribution >= 0.6 is 0 Å². The molecule has 0 saturated heterocycles. The van der Waals surface area contributed by atoms with Crippen molar-refractivity contribution in [2.24, 2.45) is 5.41 Å². The Kier molecular flexibility index (Phi) is 5.06. The molecule has 1 aromatic rings. The number of nitrogens with zero attached hydrogens (tertiary/aromatic N) is 1. The summed E-state index contributed by atoms with van der Waals surface area (Å²) < 4.78 is 0. The Balaban J connectivity index is 2.47. The number of anilines is 1. The summed E-state index contributed by atoms with van der Waals surface area (Å²) in [5.74, 6) is 0.460. The number of aromatic nitrogens is 1. The quantitative estimate of drug-likeness (QED) is 0.614. The van der Waals surface area contributed by atoms with Crippen LogP contribution in [0.25, 0.3) is 0 Å². The average Bonchev–Trinajstić information content (AvgIpc) is 2.36. The summed E-state index contributed by atoms with van der Waals surface area (Å²) in [5.41, 5.74) is 0.0838. The predicted molar refractivity (Wildman–Crippen MR) is 68.3 cm³/mol. The highest BCUT2D eigenvalue weighted by Crippen LogP contribution is 2.12. The van der Waals surface area contributed by atoms with Gasteiger partial charge in [0.05, 0.1) is 13.2 Å². The minimum atomic E-state index is -0.725. The van der Waals surface area contributed by atoms with Crippen LogP contribution in [-0.2, 0) is 0 Å². The zero-order valence-corrected chi connectivity index (χ0v) is 10.6. The number of aliphatic hydroxyl groups excluding tert-OH is 2. The highest BCUT2D eigenvalue weighted by atomic mass is 16.3. The van der Waals surface area contributed by atoms with Gasteiger partial charge in [0, 0.05) is 17.7 Å². The molecule has 0 unspecified atom stereocenters. The van der Waals surface area contributed by atoms with Crippen LogP contribution in [0.1, 0.15) is 12.6 Å². The van der Waals surface area contributed by atoms with E-state index in [2.05, 4.69) is 15.6 Å². The summed E-state index contributed by atoms with van der Waals surface area (Å²) >= 11 is 0. The maximum atomic E-state index is 11.6. The van der Waals surface area contributed by atoms with Gasteiger partial charge in [-0.2, -0.15) is 0 Å². The molecule has 1 heterocycles. The lowest BCUT2D eigenvalue weighted by atomic mass is 9.93. The lowest BCUT2D eigenvalue weighted by Crippen LogP contribution is -2.42. The Hall–Kier alpha value is -1.66. The molecule has 4 N–H and O–H groups in total. The van der Waals surface area contributed by atoms with E-state index in [1.165, 1.54) is 0 Å². The summed E-state index contributed by atoms with van der Waals surface area (Å²) in [5, 5.41) is 23.3. The third-order valence-electron chi connectivity index (χ3n) is 2.57. The number of carbonyl (C=O) groups is 1. The van der Waals surface area contributed by atoms with Crippen molar-refractivity contribution >= 4 is 11.8 Å². The van der Waals surface area contributed by atoms with Crippen LogP contribution in [0.3, 0.4) is 0 Å². The van der Waals surface area contributed by atoms with Crippen LogP contribution in [0, 0.1) is 12.3 Å². The second kappa shape index (κ2) is 6.32. The lowest BCUT2D eigenvalue weighted by molar-refractivity contribution is 0.0721. The zero-order valence-electron chi connectivity index (χ0n) is 10.6. The molecule has 100 valence electrons. The first-order valence-electron chi connectivity index (χ1n) is 5.69. The molecule has 0 spiro atoms. The highest BCUT2D eigenvalue weighted by molar-refractivity contribution is 5.88. The first-order valence-corrected chi connectivity index (χ1v) is 5.69. The monoisotopic (exact) mass is 253 g/mol. The third-order valence-corrected chi connectivity index (χ3v) is 2.57. The molecule has 0 aliphatic carbocycles. The van der Waals surface area contributed by atoms with E-state index in [0.29, 0.717) is 5.82 Å². The molecule has 0 bridgehead atoms. The van der Waals surface area contributed by atoms with Gasteiger partial charge >= 0.3 is 6.03 Å². The summed E-state index contributed by atoms with van der Waals surface area (Å²) in [6.07, 6.45) is 0. The second-order valence-corrected chi connectivity index (χ2v) is 4.60. The Morgan fingerprint density at radius 2 is 2.06 bits per heavy atom. The molecule has 6 heteroatoms. The zero-order chi connectivity index (χ0) is 13.6. The van der Waals surface area contributed by atoms with Crippen molar-refractivity contribution in [3.8, 4) is 0 Å². The lowest BCUT2D eigenvalue weighted by Gasteiger charge is -2.24. The fourth-order valence-electron chi connectivity index (χ4n) is 1.23. The number of hydrogen-bond acceptors (Lipinski definition) is 4. The Labute approximate surface area is 106 Å². The van der Waals surface area contributed by atoms with Crippen molar-refractivity contribution in [3.63, 3.8) is 0 Å². The molecule has 0 radical (unpaired) electrons. The number of urea groups is 1. The van der Waals surface area contributed by atoms with Gasteiger partial charge in [-0.05, 0) is 19.1 Å². The topological polar surface area (TPSA) is 94.5 Å². The van der Waals surface area contributed by atoms with Crippen LogP contribution < -0.4 is 10.6 Å². The first kappa shape index (κ1) is 14.4. The van der Waals surface area contributed by atoms with Gasteiger partial charge in [0.1, 0.15) is 5.82 Å². The molecule has 0 aromatic carbocycles. The van der Waals surface area contributed by atoms with Crippen molar-refractivity contribution < 1.29 is 15.0 Å². The van der Waals surface area contributed by atoms with Gasteiger partial charge in [-0.25, -0.2) is 9.78 Å². The van der Waals surface area contributed by atoms with E-state index in [-0.39, 0.29) is 19.8 Å².